The first-order chi connectivity index (χ1) is 6.27. The van der Waals surface area contributed by atoms with Gasteiger partial charge in [-0.3, -0.25) is 0 Å². The second-order valence-electron chi connectivity index (χ2n) is 3.13. The number of rotatable bonds is 3. The van der Waals surface area contributed by atoms with Gasteiger partial charge in [-0.2, -0.15) is 0 Å². The van der Waals surface area contributed by atoms with Crippen molar-refractivity contribution in [2.45, 2.75) is 20.3 Å². The first-order valence-electron chi connectivity index (χ1n) is 4.65. The predicted molar refractivity (Wildman–Crippen MR) is 56.5 cm³/mol. The van der Waals surface area contributed by atoms with E-state index in [1.165, 1.54) is 16.7 Å². The van der Waals surface area contributed by atoms with Crippen LogP contribution in [-0.4, -0.2) is 11.7 Å². The highest BCUT2D eigenvalue weighted by Gasteiger charge is 1.97. The lowest BCUT2D eigenvalue weighted by atomic mass is 10.0. The zero-order valence-electron chi connectivity index (χ0n) is 8.25. The van der Waals surface area contributed by atoms with Crippen molar-refractivity contribution in [1.29, 1.82) is 0 Å². The van der Waals surface area contributed by atoms with Gasteiger partial charge in [-0.25, -0.2) is 0 Å². The van der Waals surface area contributed by atoms with E-state index in [0.29, 0.717) is 0 Å². The standard InChI is InChI=1S/C12H16O/c1-3-11(8-9-13)12-6-4-10(2)5-7-12/h4-8,13H,3,9H2,1-2H3. The first-order valence-corrected chi connectivity index (χ1v) is 4.65. The van der Waals surface area contributed by atoms with Crippen LogP contribution in [0.2, 0.25) is 0 Å². The monoisotopic (exact) mass is 176 g/mol. The van der Waals surface area contributed by atoms with Crippen molar-refractivity contribution in [1.82, 2.24) is 0 Å². The van der Waals surface area contributed by atoms with E-state index in [1.54, 1.807) is 0 Å². The number of hydrogen-bond acceptors (Lipinski definition) is 1. The molecule has 0 saturated heterocycles. The van der Waals surface area contributed by atoms with Gasteiger partial charge in [0.1, 0.15) is 0 Å². The van der Waals surface area contributed by atoms with Crippen molar-refractivity contribution in [3.05, 3.63) is 41.5 Å². The molecule has 0 aliphatic rings. The van der Waals surface area contributed by atoms with Crippen LogP contribution in [0, 0.1) is 6.92 Å². The summed E-state index contributed by atoms with van der Waals surface area (Å²) in [5.41, 5.74) is 3.69. The van der Waals surface area contributed by atoms with Crippen molar-refractivity contribution >= 4 is 5.57 Å². The summed E-state index contributed by atoms with van der Waals surface area (Å²) in [6, 6.07) is 8.38. The first kappa shape index (κ1) is 10.0. The Hall–Kier alpha value is -1.08. The van der Waals surface area contributed by atoms with Crippen molar-refractivity contribution < 1.29 is 5.11 Å². The molecule has 0 heterocycles. The summed E-state index contributed by atoms with van der Waals surface area (Å²) in [7, 11) is 0. The van der Waals surface area contributed by atoms with Crippen LogP contribution in [0.5, 0.6) is 0 Å². The number of benzene rings is 1. The van der Waals surface area contributed by atoms with Crippen molar-refractivity contribution in [3.8, 4) is 0 Å². The van der Waals surface area contributed by atoms with Gasteiger partial charge in [-0.15, -0.1) is 0 Å². The van der Waals surface area contributed by atoms with E-state index in [-0.39, 0.29) is 6.61 Å². The lowest BCUT2D eigenvalue weighted by molar-refractivity contribution is 0.343. The lowest BCUT2D eigenvalue weighted by Crippen LogP contribution is -1.85. The van der Waals surface area contributed by atoms with Crippen LogP contribution in [0.3, 0.4) is 0 Å². The highest BCUT2D eigenvalue weighted by molar-refractivity contribution is 5.65. The van der Waals surface area contributed by atoms with Crippen LogP contribution in [-0.2, 0) is 0 Å². The number of hydrogen-bond donors (Lipinski definition) is 1. The third-order valence-corrected chi connectivity index (χ3v) is 2.14. The van der Waals surface area contributed by atoms with Crippen LogP contribution in [0.1, 0.15) is 24.5 Å². The van der Waals surface area contributed by atoms with E-state index in [1.807, 2.05) is 6.08 Å². The number of aliphatic hydroxyl groups excluding tert-OH is 1. The van der Waals surface area contributed by atoms with Crippen LogP contribution < -0.4 is 0 Å². The fourth-order valence-corrected chi connectivity index (χ4v) is 1.34. The van der Waals surface area contributed by atoms with E-state index < -0.39 is 0 Å². The quantitative estimate of drug-likeness (QED) is 0.750. The predicted octanol–water partition coefficient (Wildman–Crippen LogP) is 2.78. The van der Waals surface area contributed by atoms with Gasteiger partial charge >= 0.3 is 0 Å². The average molecular weight is 176 g/mol. The summed E-state index contributed by atoms with van der Waals surface area (Å²) >= 11 is 0. The Morgan fingerprint density at radius 1 is 1.31 bits per heavy atom. The Kier molecular flexibility index (Phi) is 3.71. The van der Waals surface area contributed by atoms with E-state index in [9.17, 15) is 0 Å². The second kappa shape index (κ2) is 4.83. The molecule has 1 heteroatoms. The molecule has 0 aliphatic carbocycles. The number of aliphatic hydroxyl groups is 1. The summed E-state index contributed by atoms with van der Waals surface area (Å²) in [4.78, 5) is 0. The molecule has 0 saturated carbocycles. The lowest BCUT2D eigenvalue weighted by Gasteiger charge is -2.04. The van der Waals surface area contributed by atoms with Gasteiger partial charge in [0.05, 0.1) is 6.61 Å². The molecule has 0 bridgehead atoms. The van der Waals surface area contributed by atoms with Gasteiger partial charge in [0, 0.05) is 0 Å². The van der Waals surface area contributed by atoms with Gasteiger partial charge in [0.2, 0.25) is 0 Å². The fourth-order valence-electron chi connectivity index (χ4n) is 1.34. The number of aryl methyl sites for hydroxylation is 1. The maximum absolute atomic E-state index is 8.81. The summed E-state index contributed by atoms with van der Waals surface area (Å²) in [5.74, 6) is 0. The smallest absolute Gasteiger partial charge is 0.0618 e. The summed E-state index contributed by atoms with van der Waals surface area (Å²) in [6.07, 6.45) is 2.83. The van der Waals surface area contributed by atoms with E-state index in [2.05, 4.69) is 38.1 Å². The topological polar surface area (TPSA) is 20.2 Å². The van der Waals surface area contributed by atoms with Gasteiger partial charge in [-0.1, -0.05) is 42.8 Å². The molecule has 0 spiro atoms. The molecule has 0 aromatic heterocycles. The van der Waals surface area contributed by atoms with Crippen molar-refractivity contribution in [3.63, 3.8) is 0 Å². The molecule has 0 fully saturated rings. The molecule has 1 rings (SSSR count). The third kappa shape index (κ3) is 2.71. The van der Waals surface area contributed by atoms with Crippen LogP contribution in [0.25, 0.3) is 5.57 Å². The van der Waals surface area contributed by atoms with Crippen LogP contribution in [0.15, 0.2) is 30.3 Å². The molecule has 0 atom stereocenters. The second-order valence-corrected chi connectivity index (χ2v) is 3.13. The molecule has 0 amide bonds. The Morgan fingerprint density at radius 2 is 1.92 bits per heavy atom. The minimum absolute atomic E-state index is 0.122. The fraction of sp³-hybridized carbons (Fsp3) is 0.333. The Morgan fingerprint density at radius 3 is 2.38 bits per heavy atom. The number of allylic oxidation sites excluding steroid dienone is 1. The van der Waals surface area contributed by atoms with E-state index >= 15 is 0 Å². The third-order valence-electron chi connectivity index (χ3n) is 2.14. The SMILES string of the molecule is CCC(=CCO)c1ccc(C)cc1. The molecule has 70 valence electrons. The minimum atomic E-state index is 0.122. The van der Waals surface area contributed by atoms with Crippen LogP contribution in [0.4, 0.5) is 0 Å². The molecule has 0 radical (unpaired) electrons. The molecular formula is C12H16O. The van der Waals surface area contributed by atoms with Gasteiger partial charge < -0.3 is 5.11 Å². The Labute approximate surface area is 79.7 Å². The van der Waals surface area contributed by atoms with Crippen molar-refractivity contribution in [2.24, 2.45) is 0 Å². The summed E-state index contributed by atoms with van der Waals surface area (Å²) < 4.78 is 0. The molecule has 1 N–H and O–H groups in total. The Bertz CT molecular complexity index is 282. The average Bonchev–Trinajstić information content (AvgIpc) is 2.16. The van der Waals surface area contributed by atoms with Crippen molar-refractivity contribution in [2.75, 3.05) is 6.61 Å². The highest BCUT2D eigenvalue weighted by atomic mass is 16.2. The normalized spacial score (nSPS) is 11.8. The molecule has 13 heavy (non-hydrogen) atoms. The molecule has 1 aromatic carbocycles. The van der Waals surface area contributed by atoms with E-state index in [0.717, 1.165) is 6.42 Å². The van der Waals surface area contributed by atoms with E-state index in [4.69, 9.17) is 5.11 Å². The van der Waals surface area contributed by atoms with Gasteiger partial charge in [0.25, 0.3) is 0 Å². The zero-order chi connectivity index (χ0) is 9.68. The maximum atomic E-state index is 8.81. The summed E-state index contributed by atoms with van der Waals surface area (Å²) in [6.45, 7) is 4.30. The largest absolute Gasteiger partial charge is 0.392 e. The minimum Gasteiger partial charge on any atom is -0.392 e. The summed E-state index contributed by atoms with van der Waals surface area (Å²) in [5, 5.41) is 8.81. The molecule has 1 nitrogen and oxygen atoms in total. The van der Waals surface area contributed by atoms with Gasteiger partial charge in [0.15, 0.2) is 0 Å². The molecule has 0 aliphatic heterocycles. The zero-order valence-corrected chi connectivity index (χ0v) is 8.25. The Balaban J connectivity index is 2.92. The molecule has 0 unspecified atom stereocenters. The highest BCUT2D eigenvalue weighted by Crippen LogP contribution is 2.17. The molecule has 1 aromatic rings. The van der Waals surface area contributed by atoms with Crippen LogP contribution >= 0.6 is 0 Å². The maximum Gasteiger partial charge on any atom is 0.0618 e. The molecular weight excluding hydrogens is 160 g/mol. The van der Waals surface area contributed by atoms with Gasteiger partial charge in [-0.05, 0) is 24.5 Å².